The number of amides is 1. The molecule has 1 amide bonds. The molecule has 1 aromatic carbocycles. The minimum Gasteiger partial charge on any atom is -0.465 e. The Morgan fingerprint density at radius 2 is 1.97 bits per heavy atom. The summed E-state index contributed by atoms with van der Waals surface area (Å²) in [7, 11) is -2.13. The Labute approximate surface area is 199 Å². The molecule has 0 aliphatic carbocycles. The lowest BCUT2D eigenvalue weighted by atomic mass is 9.95. The van der Waals surface area contributed by atoms with Crippen LogP contribution < -0.4 is 0 Å². The molecule has 10 heteroatoms. The molecule has 1 N–H and O–H groups in total. The van der Waals surface area contributed by atoms with E-state index < -0.39 is 20.5 Å². The predicted octanol–water partition coefficient (Wildman–Crippen LogP) is 5.84. The van der Waals surface area contributed by atoms with Crippen LogP contribution in [0, 0.1) is 0 Å². The summed E-state index contributed by atoms with van der Waals surface area (Å²) in [5, 5.41) is 10.5. The zero-order chi connectivity index (χ0) is 23.8. The van der Waals surface area contributed by atoms with Gasteiger partial charge in [-0.2, -0.15) is 0 Å². The third kappa shape index (κ3) is 5.14. The number of hydrogen-bond donors (Lipinski definition) is 1. The number of carbonyl (C=O) groups is 2. The van der Waals surface area contributed by atoms with E-state index in [0.717, 1.165) is 12.8 Å². The molecule has 1 aromatic heterocycles. The van der Waals surface area contributed by atoms with Gasteiger partial charge in [0.2, 0.25) is 0 Å². The van der Waals surface area contributed by atoms with Crippen molar-refractivity contribution in [3.05, 3.63) is 28.5 Å². The number of nitrogens with zero attached hydrogens (tertiary/aromatic N) is 3. The Kier molecular flexibility index (Phi) is 7.29. The average Bonchev–Trinajstić information content (AvgIpc) is 3.08. The van der Waals surface area contributed by atoms with E-state index in [1.165, 1.54) is 4.90 Å². The molecule has 2 atom stereocenters. The van der Waals surface area contributed by atoms with Gasteiger partial charge in [-0.15, -0.1) is 0 Å². The molecule has 0 unspecified atom stereocenters. The number of rotatable bonds is 6. The van der Waals surface area contributed by atoms with Gasteiger partial charge < -0.3 is 19.0 Å². The second-order valence-corrected chi connectivity index (χ2v) is 15.5. The number of carboxylic acid groups (broad SMARTS) is 1. The van der Waals surface area contributed by atoms with E-state index in [0.29, 0.717) is 27.6 Å². The molecule has 0 spiro atoms. The highest BCUT2D eigenvalue weighted by molar-refractivity contribution is 6.74. The first-order valence-corrected chi connectivity index (χ1v) is 14.5. The number of likely N-dealkylation sites (tertiary alicyclic amines) is 1. The van der Waals surface area contributed by atoms with E-state index >= 15 is 0 Å². The molecule has 1 aliphatic rings. The van der Waals surface area contributed by atoms with E-state index in [1.54, 1.807) is 23.0 Å². The second kappa shape index (κ2) is 9.33. The summed E-state index contributed by atoms with van der Waals surface area (Å²) in [6.45, 7) is 11.2. The van der Waals surface area contributed by atoms with Crippen molar-refractivity contribution in [3.8, 4) is 0 Å². The van der Waals surface area contributed by atoms with Crippen molar-refractivity contribution in [1.82, 2.24) is 14.5 Å². The first kappa shape index (κ1) is 25.0. The molecule has 7 nitrogen and oxygen atoms in total. The first-order valence-electron chi connectivity index (χ1n) is 10.8. The lowest BCUT2D eigenvalue weighted by molar-refractivity contribution is -0.122. The van der Waals surface area contributed by atoms with Crippen LogP contribution in [0.2, 0.25) is 28.2 Å². The van der Waals surface area contributed by atoms with Crippen molar-refractivity contribution in [2.75, 3.05) is 6.54 Å². The van der Waals surface area contributed by atoms with Crippen LogP contribution in [0.15, 0.2) is 18.5 Å². The standard InChI is InChI=1S/C22H31Cl2N3O4Si/c1-22(2,3)32(4,5)31-18-7-6-10-27(21(29)30)17(18)11-14(28)12-26-13-25-20-16(26)9-8-15(23)19(20)24/h8-9,13,17-18H,6-7,10-12H2,1-5H3,(H,29,30)/t17-,18+/m1/s1. The number of carbonyl (C=O) groups excluding carboxylic acids is 1. The van der Waals surface area contributed by atoms with Crippen molar-refractivity contribution >= 4 is 54.4 Å². The summed E-state index contributed by atoms with van der Waals surface area (Å²) in [4.78, 5) is 30.7. The largest absolute Gasteiger partial charge is 0.465 e. The smallest absolute Gasteiger partial charge is 0.407 e. The molecule has 1 saturated heterocycles. The summed E-state index contributed by atoms with van der Waals surface area (Å²) >= 11 is 12.3. The molecular formula is C22H31Cl2N3O4Si. The lowest BCUT2D eigenvalue weighted by Gasteiger charge is -2.45. The molecule has 3 rings (SSSR count). The number of hydrogen-bond acceptors (Lipinski definition) is 4. The van der Waals surface area contributed by atoms with Crippen molar-refractivity contribution in [3.63, 3.8) is 0 Å². The zero-order valence-electron chi connectivity index (χ0n) is 19.2. The van der Waals surface area contributed by atoms with Gasteiger partial charge in [-0.1, -0.05) is 44.0 Å². The van der Waals surface area contributed by atoms with Crippen molar-refractivity contribution in [2.45, 2.75) is 76.9 Å². The molecule has 0 bridgehead atoms. The minimum atomic E-state index is -2.13. The predicted molar refractivity (Wildman–Crippen MR) is 129 cm³/mol. The molecular weight excluding hydrogens is 469 g/mol. The van der Waals surface area contributed by atoms with E-state index in [1.807, 2.05) is 0 Å². The highest BCUT2D eigenvalue weighted by atomic mass is 35.5. The SMILES string of the molecule is CC(C)(C)[Si](C)(C)O[C@H]1CCCN(C(=O)O)[C@@H]1CC(=O)Cn1cnc2c(Cl)c(Cl)ccc21. The fraction of sp³-hybridized carbons (Fsp3) is 0.591. The monoisotopic (exact) mass is 499 g/mol. The molecule has 1 fully saturated rings. The Balaban J connectivity index is 1.81. The van der Waals surface area contributed by atoms with Gasteiger partial charge in [0.15, 0.2) is 14.1 Å². The van der Waals surface area contributed by atoms with Crippen LogP contribution in [0.5, 0.6) is 0 Å². The van der Waals surface area contributed by atoms with Gasteiger partial charge in [-0.3, -0.25) is 4.79 Å². The number of halogens is 2. The van der Waals surface area contributed by atoms with E-state index in [4.69, 9.17) is 27.6 Å². The second-order valence-electron chi connectivity index (χ2n) is 9.95. The van der Waals surface area contributed by atoms with Gasteiger partial charge in [0.25, 0.3) is 0 Å². The average molecular weight is 500 g/mol. The van der Waals surface area contributed by atoms with Crippen LogP contribution in [-0.2, 0) is 15.8 Å². The quantitative estimate of drug-likeness (QED) is 0.504. The van der Waals surface area contributed by atoms with Crippen LogP contribution in [-0.4, -0.2) is 58.4 Å². The summed E-state index contributed by atoms with van der Waals surface area (Å²) in [5.41, 5.74) is 1.25. The van der Waals surface area contributed by atoms with Crippen LogP contribution >= 0.6 is 23.2 Å². The van der Waals surface area contributed by atoms with E-state index in [9.17, 15) is 14.7 Å². The van der Waals surface area contributed by atoms with Crippen molar-refractivity contribution in [1.29, 1.82) is 0 Å². The number of imidazole rings is 1. The van der Waals surface area contributed by atoms with E-state index in [-0.39, 0.29) is 29.9 Å². The topological polar surface area (TPSA) is 84.7 Å². The number of aromatic nitrogens is 2. The maximum atomic E-state index is 13.1. The maximum Gasteiger partial charge on any atom is 0.407 e. The summed E-state index contributed by atoms with van der Waals surface area (Å²) in [6, 6.07) is 2.94. The third-order valence-corrected chi connectivity index (χ3v) is 12.0. The Bertz CT molecular complexity index is 1020. The first-order chi connectivity index (χ1) is 14.8. The Morgan fingerprint density at radius 1 is 1.28 bits per heavy atom. The normalized spacial score (nSPS) is 20.0. The summed E-state index contributed by atoms with van der Waals surface area (Å²) in [6.07, 6.45) is 1.81. The highest BCUT2D eigenvalue weighted by Gasteiger charge is 2.44. The fourth-order valence-electron chi connectivity index (χ4n) is 3.88. The van der Waals surface area contributed by atoms with Crippen LogP contribution in [0.4, 0.5) is 4.79 Å². The fourth-order valence-corrected chi connectivity index (χ4v) is 5.63. The minimum absolute atomic E-state index is 0.0106. The number of benzene rings is 1. The number of piperidine rings is 1. The summed E-state index contributed by atoms with van der Waals surface area (Å²) in [5.74, 6) is -0.0858. The number of ketones is 1. The van der Waals surface area contributed by atoms with Gasteiger partial charge in [0.05, 0.1) is 40.6 Å². The highest BCUT2D eigenvalue weighted by Crippen LogP contribution is 2.39. The maximum absolute atomic E-state index is 13.1. The molecule has 176 valence electrons. The van der Waals surface area contributed by atoms with Gasteiger partial charge in [0.1, 0.15) is 5.52 Å². The Hall–Kier alpha value is -1.61. The molecule has 32 heavy (non-hydrogen) atoms. The molecule has 0 saturated carbocycles. The lowest BCUT2D eigenvalue weighted by Crippen LogP contribution is -2.56. The molecule has 0 radical (unpaired) electrons. The van der Waals surface area contributed by atoms with Crippen molar-refractivity contribution < 1.29 is 19.1 Å². The van der Waals surface area contributed by atoms with Crippen LogP contribution in [0.3, 0.4) is 0 Å². The summed E-state index contributed by atoms with van der Waals surface area (Å²) < 4.78 is 8.32. The molecule has 1 aliphatic heterocycles. The van der Waals surface area contributed by atoms with Crippen LogP contribution in [0.25, 0.3) is 11.0 Å². The number of fused-ring (bicyclic) bond motifs is 1. The van der Waals surface area contributed by atoms with Crippen LogP contribution in [0.1, 0.15) is 40.0 Å². The van der Waals surface area contributed by atoms with E-state index in [2.05, 4.69) is 38.8 Å². The number of Topliss-reactive ketones (excluding diaryl/α,β-unsaturated/α-hetero) is 1. The van der Waals surface area contributed by atoms with Crippen molar-refractivity contribution in [2.24, 2.45) is 0 Å². The third-order valence-electron chi connectivity index (χ3n) is 6.68. The molecule has 2 aromatic rings. The van der Waals surface area contributed by atoms with Gasteiger partial charge in [0, 0.05) is 13.0 Å². The van der Waals surface area contributed by atoms with Gasteiger partial charge in [-0.05, 0) is 43.1 Å². The van der Waals surface area contributed by atoms with Gasteiger partial charge >= 0.3 is 6.09 Å². The Morgan fingerprint density at radius 3 is 2.59 bits per heavy atom. The zero-order valence-corrected chi connectivity index (χ0v) is 21.7. The van der Waals surface area contributed by atoms with Gasteiger partial charge in [-0.25, -0.2) is 9.78 Å². The molecule has 2 heterocycles.